The third kappa shape index (κ3) is 5.70. The predicted octanol–water partition coefficient (Wildman–Crippen LogP) is 3.85. The first kappa shape index (κ1) is 19.7. The third-order valence-corrected chi connectivity index (χ3v) is 3.78. The van der Waals surface area contributed by atoms with Gasteiger partial charge in [0.1, 0.15) is 12.4 Å². The number of carbonyl (C=O) groups excluding carboxylic acids is 2. The fraction of sp³-hybridized carbons (Fsp3) is 0.250. The number of Topliss-reactive ketones (excluding diaryl/α,β-unsaturated/α-hetero) is 1. The molecule has 2 aromatic rings. The van der Waals surface area contributed by atoms with Crippen molar-refractivity contribution in [3.8, 4) is 5.75 Å². The van der Waals surface area contributed by atoms with Crippen molar-refractivity contribution in [2.75, 3.05) is 19.8 Å². The van der Waals surface area contributed by atoms with Gasteiger partial charge in [0.2, 0.25) is 0 Å². The number of hydrogen-bond acceptors (Lipinski definition) is 5. The molecule has 0 aromatic heterocycles. The molecule has 0 N–H and O–H groups in total. The normalized spacial score (nSPS) is 11.9. The van der Waals surface area contributed by atoms with Crippen molar-refractivity contribution in [3.63, 3.8) is 0 Å². The first-order chi connectivity index (χ1) is 12.6. The first-order valence-corrected chi connectivity index (χ1v) is 8.64. The summed E-state index contributed by atoms with van der Waals surface area (Å²) in [6.07, 6.45) is 1.30. The van der Waals surface area contributed by atoms with Crippen LogP contribution < -0.4 is 4.74 Å². The van der Waals surface area contributed by atoms with Crippen molar-refractivity contribution in [3.05, 3.63) is 65.2 Å². The summed E-state index contributed by atoms with van der Waals surface area (Å²) in [7, 11) is 0. The standard InChI is InChI=1S/C20H20ClNO4/c1-2-25-20(24)17(19(23)16-10-6-7-11-18(16)21)14-22-12-13-26-15-8-4-3-5-9-15/h3-11,14,17H,2,12-13H2,1H3. The van der Waals surface area contributed by atoms with Crippen LogP contribution in [0, 0.1) is 5.92 Å². The summed E-state index contributed by atoms with van der Waals surface area (Å²) in [4.78, 5) is 29.0. The van der Waals surface area contributed by atoms with E-state index in [0.29, 0.717) is 13.2 Å². The van der Waals surface area contributed by atoms with E-state index in [4.69, 9.17) is 21.1 Å². The topological polar surface area (TPSA) is 65.0 Å². The van der Waals surface area contributed by atoms with Crippen molar-refractivity contribution >= 4 is 29.6 Å². The lowest BCUT2D eigenvalue weighted by Gasteiger charge is -2.11. The second kappa shape index (κ2) is 10.4. The van der Waals surface area contributed by atoms with Crippen LogP contribution in [0.4, 0.5) is 0 Å². The zero-order valence-corrected chi connectivity index (χ0v) is 15.2. The van der Waals surface area contributed by atoms with Crippen molar-refractivity contribution in [2.45, 2.75) is 6.92 Å². The number of aliphatic imine (C=N–C) groups is 1. The number of benzene rings is 2. The Kier molecular flexibility index (Phi) is 7.83. The summed E-state index contributed by atoms with van der Waals surface area (Å²) >= 11 is 6.06. The van der Waals surface area contributed by atoms with Crippen molar-refractivity contribution in [1.82, 2.24) is 0 Å². The van der Waals surface area contributed by atoms with Gasteiger partial charge in [-0.2, -0.15) is 0 Å². The third-order valence-electron chi connectivity index (χ3n) is 3.45. The molecular weight excluding hydrogens is 354 g/mol. The van der Waals surface area contributed by atoms with Gasteiger partial charge < -0.3 is 9.47 Å². The minimum Gasteiger partial charge on any atom is -0.492 e. The van der Waals surface area contributed by atoms with E-state index in [2.05, 4.69) is 4.99 Å². The molecule has 6 heteroatoms. The Morgan fingerprint density at radius 1 is 1.12 bits per heavy atom. The maximum absolute atomic E-state index is 12.7. The van der Waals surface area contributed by atoms with Gasteiger partial charge in [0.05, 0.1) is 18.2 Å². The van der Waals surface area contributed by atoms with E-state index in [-0.39, 0.29) is 17.2 Å². The van der Waals surface area contributed by atoms with Crippen LogP contribution in [0.3, 0.4) is 0 Å². The van der Waals surface area contributed by atoms with Crippen LogP contribution in [0.2, 0.25) is 5.02 Å². The molecule has 5 nitrogen and oxygen atoms in total. The molecule has 1 unspecified atom stereocenters. The number of hydrogen-bond donors (Lipinski definition) is 0. The predicted molar refractivity (Wildman–Crippen MR) is 101 cm³/mol. The molecular formula is C20H20ClNO4. The van der Waals surface area contributed by atoms with E-state index in [0.717, 1.165) is 5.75 Å². The molecule has 136 valence electrons. The van der Waals surface area contributed by atoms with E-state index in [1.807, 2.05) is 30.3 Å². The van der Waals surface area contributed by atoms with Crippen LogP contribution >= 0.6 is 11.6 Å². The Hall–Kier alpha value is -2.66. The Morgan fingerprint density at radius 2 is 1.81 bits per heavy atom. The van der Waals surface area contributed by atoms with Crippen LogP contribution in [-0.2, 0) is 9.53 Å². The van der Waals surface area contributed by atoms with Gasteiger partial charge in [-0.3, -0.25) is 14.6 Å². The summed E-state index contributed by atoms with van der Waals surface area (Å²) in [5.74, 6) is -1.49. The van der Waals surface area contributed by atoms with Gasteiger partial charge in [-0.1, -0.05) is 41.9 Å². The van der Waals surface area contributed by atoms with Gasteiger partial charge in [-0.05, 0) is 31.2 Å². The zero-order chi connectivity index (χ0) is 18.8. The summed E-state index contributed by atoms with van der Waals surface area (Å²) in [6.45, 7) is 2.49. The molecule has 0 bridgehead atoms. The number of esters is 1. The van der Waals surface area contributed by atoms with Gasteiger partial charge in [0.25, 0.3) is 0 Å². The summed E-state index contributed by atoms with van der Waals surface area (Å²) < 4.78 is 10.5. The number of ether oxygens (including phenoxy) is 2. The van der Waals surface area contributed by atoms with Gasteiger partial charge in [-0.15, -0.1) is 0 Å². The molecule has 26 heavy (non-hydrogen) atoms. The highest BCUT2D eigenvalue weighted by Gasteiger charge is 2.28. The number of rotatable bonds is 9. The number of nitrogens with zero attached hydrogens (tertiary/aromatic N) is 1. The largest absolute Gasteiger partial charge is 0.492 e. The second-order valence-electron chi connectivity index (χ2n) is 5.29. The number of ketones is 1. The average Bonchev–Trinajstić information content (AvgIpc) is 2.65. The van der Waals surface area contributed by atoms with Crippen molar-refractivity contribution in [2.24, 2.45) is 10.9 Å². The molecule has 0 heterocycles. The molecule has 0 fully saturated rings. The highest BCUT2D eigenvalue weighted by atomic mass is 35.5. The minimum atomic E-state index is -1.13. The lowest BCUT2D eigenvalue weighted by atomic mass is 9.98. The quantitative estimate of drug-likeness (QED) is 0.220. The summed E-state index contributed by atoms with van der Waals surface area (Å²) in [5, 5.41) is 0.285. The van der Waals surface area contributed by atoms with Crippen LogP contribution in [0.1, 0.15) is 17.3 Å². The molecule has 0 aliphatic heterocycles. The number of para-hydroxylation sites is 1. The van der Waals surface area contributed by atoms with Gasteiger partial charge >= 0.3 is 5.97 Å². The molecule has 0 spiro atoms. The average molecular weight is 374 g/mol. The summed E-state index contributed by atoms with van der Waals surface area (Å²) in [6, 6.07) is 15.9. The molecule has 0 saturated heterocycles. The Balaban J connectivity index is 2.01. The second-order valence-corrected chi connectivity index (χ2v) is 5.70. The molecule has 0 radical (unpaired) electrons. The Labute approximate surface area is 157 Å². The fourth-order valence-corrected chi connectivity index (χ4v) is 2.44. The van der Waals surface area contributed by atoms with Crippen LogP contribution in [0.25, 0.3) is 0 Å². The van der Waals surface area contributed by atoms with E-state index in [9.17, 15) is 9.59 Å². The van der Waals surface area contributed by atoms with Gasteiger partial charge in [-0.25, -0.2) is 0 Å². The highest BCUT2D eigenvalue weighted by molar-refractivity contribution is 6.35. The SMILES string of the molecule is CCOC(=O)C(C=NCCOc1ccccc1)C(=O)c1ccccc1Cl. The molecule has 0 saturated carbocycles. The van der Waals surface area contributed by atoms with E-state index >= 15 is 0 Å². The zero-order valence-electron chi connectivity index (χ0n) is 14.4. The molecule has 0 aliphatic rings. The molecule has 0 amide bonds. The molecule has 2 aromatic carbocycles. The number of carbonyl (C=O) groups is 2. The maximum Gasteiger partial charge on any atom is 0.322 e. The molecule has 1 atom stereocenters. The minimum absolute atomic E-state index is 0.177. The van der Waals surface area contributed by atoms with Gasteiger partial charge in [0.15, 0.2) is 11.7 Å². The highest BCUT2D eigenvalue weighted by Crippen LogP contribution is 2.19. The van der Waals surface area contributed by atoms with Crippen molar-refractivity contribution < 1.29 is 19.1 Å². The number of halogens is 1. The lowest BCUT2D eigenvalue weighted by Crippen LogP contribution is -2.28. The molecule has 2 rings (SSSR count). The van der Waals surface area contributed by atoms with Gasteiger partial charge in [0, 0.05) is 11.8 Å². The summed E-state index contributed by atoms with van der Waals surface area (Å²) in [5.41, 5.74) is 0.263. The Bertz CT molecular complexity index is 761. The maximum atomic E-state index is 12.7. The fourth-order valence-electron chi connectivity index (χ4n) is 2.21. The monoisotopic (exact) mass is 373 g/mol. The van der Waals surface area contributed by atoms with Crippen LogP contribution in [0.5, 0.6) is 5.75 Å². The first-order valence-electron chi connectivity index (χ1n) is 8.26. The van der Waals surface area contributed by atoms with E-state index in [1.54, 1.807) is 31.2 Å². The molecule has 0 aliphatic carbocycles. The van der Waals surface area contributed by atoms with Crippen LogP contribution in [0.15, 0.2) is 59.6 Å². The van der Waals surface area contributed by atoms with E-state index in [1.165, 1.54) is 6.21 Å². The Morgan fingerprint density at radius 3 is 2.50 bits per heavy atom. The smallest absolute Gasteiger partial charge is 0.322 e. The lowest BCUT2D eigenvalue weighted by molar-refractivity contribution is -0.143. The van der Waals surface area contributed by atoms with Crippen LogP contribution in [-0.4, -0.2) is 37.7 Å². The van der Waals surface area contributed by atoms with Crippen molar-refractivity contribution in [1.29, 1.82) is 0 Å². The van der Waals surface area contributed by atoms with E-state index < -0.39 is 17.7 Å².